The predicted octanol–water partition coefficient (Wildman–Crippen LogP) is 4.12. The summed E-state index contributed by atoms with van der Waals surface area (Å²) in [4.78, 5) is 2.48. The van der Waals surface area contributed by atoms with Crippen molar-refractivity contribution in [2.24, 2.45) is 5.73 Å². The van der Waals surface area contributed by atoms with E-state index in [1.165, 1.54) is 34.9 Å². The molecule has 2 N–H and O–H groups in total. The number of hydrogen-bond donors (Lipinski definition) is 1. The third-order valence-electron chi connectivity index (χ3n) is 4.78. The highest BCUT2D eigenvalue weighted by Gasteiger charge is 2.25. The molecule has 3 heteroatoms. The minimum atomic E-state index is 0.0736. The average Bonchev–Trinajstić information content (AvgIpc) is 2.55. The van der Waals surface area contributed by atoms with Gasteiger partial charge in [0.15, 0.2) is 0 Å². The Morgan fingerprint density at radius 1 is 1.13 bits per heavy atom. The number of anilines is 1. The Labute approximate surface area is 139 Å². The predicted molar refractivity (Wildman–Crippen MR) is 98.5 cm³/mol. The van der Waals surface area contributed by atoms with Gasteiger partial charge in [0, 0.05) is 30.4 Å². The van der Waals surface area contributed by atoms with Crippen LogP contribution in [0.15, 0.2) is 30.3 Å². The number of rotatable bonds is 5. The zero-order valence-electron chi connectivity index (χ0n) is 14.5. The van der Waals surface area contributed by atoms with Gasteiger partial charge in [0.25, 0.3) is 0 Å². The first kappa shape index (κ1) is 16.1. The van der Waals surface area contributed by atoms with Gasteiger partial charge >= 0.3 is 0 Å². The highest BCUT2D eigenvalue weighted by molar-refractivity contribution is 5.90. The fourth-order valence-corrected chi connectivity index (χ4v) is 3.48. The molecule has 1 heterocycles. The minimum absolute atomic E-state index is 0.0736. The normalized spacial score (nSPS) is 20.2. The van der Waals surface area contributed by atoms with Gasteiger partial charge in [-0.25, -0.2) is 0 Å². The van der Waals surface area contributed by atoms with E-state index in [0.29, 0.717) is 0 Å². The summed E-state index contributed by atoms with van der Waals surface area (Å²) >= 11 is 0. The van der Waals surface area contributed by atoms with Crippen molar-refractivity contribution in [3.63, 3.8) is 0 Å². The Morgan fingerprint density at radius 2 is 1.87 bits per heavy atom. The summed E-state index contributed by atoms with van der Waals surface area (Å²) in [5.74, 6) is 0.999. The standard InChI is InChI=1S/C20H28N2O/c1-4-10-22(11-5-2)16-7-8-17-15(12-16)6-9-20-18(17)13-19(21)14(3)23-20/h6-9,12,14,19H,4-5,10-11,13,21H2,1-3H3. The maximum atomic E-state index is 6.21. The molecule has 3 rings (SSSR count). The number of benzene rings is 2. The lowest BCUT2D eigenvalue weighted by Crippen LogP contribution is -2.41. The van der Waals surface area contributed by atoms with Gasteiger partial charge in [-0.15, -0.1) is 0 Å². The zero-order chi connectivity index (χ0) is 16.4. The fourth-order valence-electron chi connectivity index (χ4n) is 3.48. The van der Waals surface area contributed by atoms with Crippen LogP contribution in [-0.2, 0) is 6.42 Å². The van der Waals surface area contributed by atoms with Crippen LogP contribution in [0.5, 0.6) is 5.75 Å². The summed E-state index contributed by atoms with van der Waals surface area (Å²) in [5.41, 5.74) is 8.78. The second kappa shape index (κ2) is 6.79. The topological polar surface area (TPSA) is 38.5 Å². The lowest BCUT2D eigenvalue weighted by atomic mass is 9.93. The number of ether oxygens (including phenoxy) is 1. The van der Waals surface area contributed by atoms with Gasteiger partial charge in [-0.05, 0) is 55.2 Å². The summed E-state index contributed by atoms with van der Waals surface area (Å²) in [5, 5.41) is 2.56. The Morgan fingerprint density at radius 3 is 2.57 bits per heavy atom. The average molecular weight is 312 g/mol. The summed E-state index contributed by atoms with van der Waals surface area (Å²) < 4.78 is 5.97. The fraction of sp³-hybridized carbons (Fsp3) is 0.500. The number of hydrogen-bond acceptors (Lipinski definition) is 3. The van der Waals surface area contributed by atoms with Crippen LogP contribution in [0.3, 0.4) is 0 Å². The number of nitrogens with zero attached hydrogens (tertiary/aromatic N) is 1. The lowest BCUT2D eigenvalue weighted by Gasteiger charge is -2.30. The Balaban J connectivity index is 2.00. The summed E-state index contributed by atoms with van der Waals surface area (Å²) in [7, 11) is 0. The largest absolute Gasteiger partial charge is 0.489 e. The van der Waals surface area contributed by atoms with Crippen LogP contribution < -0.4 is 15.4 Å². The molecular formula is C20H28N2O. The van der Waals surface area contributed by atoms with Crippen molar-refractivity contribution in [1.29, 1.82) is 0 Å². The molecule has 0 aromatic heterocycles. The van der Waals surface area contributed by atoms with Crippen molar-refractivity contribution < 1.29 is 4.74 Å². The van der Waals surface area contributed by atoms with Crippen LogP contribution in [0.1, 0.15) is 39.2 Å². The molecule has 2 aromatic carbocycles. The van der Waals surface area contributed by atoms with E-state index in [2.05, 4.69) is 49.1 Å². The highest BCUT2D eigenvalue weighted by Crippen LogP contribution is 2.35. The van der Waals surface area contributed by atoms with Crippen molar-refractivity contribution in [3.05, 3.63) is 35.9 Å². The monoisotopic (exact) mass is 312 g/mol. The van der Waals surface area contributed by atoms with Gasteiger partial charge in [0.1, 0.15) is 11.9 Å². The molecule has 124 valence electrons. The minimum Gasteiger partial charge on any atom is -0.489 e. The Hall–Kier alpha value is -1.74. The maximum Gasteiger partial charge on any atom is 0.123 e. The smallest absolute Gasteiger partial charge is 0.123 e. The molecule has 1 aliphatic heterocycles. The van der Waals surface area contributed by atoms with E-state index in [0.717, 1.165) is 25.3 Å². The molecule has 0 fully saturated rings. The Kier molecular flexibility index (Phi) is 4.76. The quantitative estimate of drug-likeness (QED) is 0.902. The SMILES string of the molecule is CCCN(CCC)c1ccc2c3c(ccc2c1)OC(C)C(N)C3. The van der Waals surface area contributed by atoms with Crippen molar-refractivity contribution in [2.75, 3.05) is 18.0 Å². The molecule has 0 saturated heterocycles. The molecule has 0 amide bonds. The van der Waals surface area contributed by atoms with Gasteiger partial charge in [-0.3, -0.25) is 0 Å². The van der Waals surface area contributed by atoms with Crippen molar-refractivity contribution >= 4 is 16.5 Å². The maximum absolute atomic E-state index is 6.21. The molecule has 2 aromatic rings. The van der Waals surface area contributed by atoms with E-state index < -0.39 is 0 Å². The summed E-state index contributed by atoms with van der Waals surface area (Å²) in [6.45, 7) is 8.74. The van der Waals surface area contributed by atoms with Gasteiger partial charge < -0.3 is 15.4 Å². The summed E-state index contributed by atoms with van der Waals surface area (Å²) in [6.07, 6.45) is 3.32. The molecular weight excluding hydrogens is 284 g/mol. The van der Waals surface area contributed by atoms with Crippen LogP contribution >= 0.6 is 0 Å². The molecule has 3 nitrogen and oxygen atoms in total. The second-order valence-electron chi connectivity index (χ2n) is 6.63. The first-order valence-corrected chi connectivity index (χ1v) is 8.86. The molecule has 0 saturated carbocycles. The summed E-state index contributed by atoms with van der Waals surface area (Å²) in [6, 6.07) is 11.2. The van der Waals surface area contributed by atoms with Gasteiger partial charge in [0.05, 0.1) is 0 Å². The van der Waals surface area contributed by atoms with E-state index in [1.807, 2.05) is 6.92 Å². The van der Waals surface area contributed by atoms with E-state index in [-0.39, 0.29) is 12.1 Å². The van der Waals surface area contributed by atoms with E-state index >= 15 is 0 Å². The highest BCUT2D eigenvalue weighted by atomic mass is 16.5. The van der Waals surface area contributed by atoms with Gasteiger partial charge in [-0.2, -0.15) is 0 Å². The van der Waals surface area contributed by atoms with Crippen LogP contribution in [-0.4, -0.2) is 25.2 Å². The van der Waals surface area contributed by atoms with Gasteiger partial charge in [0.2, 0.25) is 0 Å². The molecule has 1 aliphatic rings. The first-order chi connectivity index (χ1) is 11.1. The number of fused-ring (bicyclic) bond motifs is 3. The van der Waals surface area contributed by atoms with E-state index in [9.17, 15) is 0 Å². The van der Waals surface area contributed by atoms with Crippen LogP contribution in [0, 0.1) is 0 Å². The third-order valence-corrected chi connectivity index (χ3v) is 4.78. The molecule has 2 atom stereocenters. The van der Waals surface area contributed by atoms with Crippen molar-refractivity contribution in [2.45, 2.75) is 52.2 Å². The van der Waals surface area contributed by atoms with Crippen LogP contribution in [0.2, 0.25) is 0 Å². The molecule has 23 heavy (non-hydrogen) atoms. The number of nitrogens with two attached hydrogens (primary N) is 1. The van der Waals surface area contributed by atoms with E-state index in [1.54, 1.807) is 0 Å². The van der Waals surface area contributed by atoms with Crippen molar-refractivity contribution in [3.8, 4) is 5.75 Å². The molecule has 0 radical (unpaired) electrons. The van der Waals surface area contributed by atoms with Crippen LogP contribution in [0.4, 0.5) is 5.69 Å². The molecule has 0 spiro atoms. The first-order valence-electron chi connectivity index (χ1n) is 8.86. The zero-order valence-corrected chi connectivity index (χ0v) is 14.5. The van der Waals surface area contributed by atoms with Gasteiger partial charge in [-0.1, -0.05) is 26.0 Å². The molecule has 2 unspecified atom stereocenters. The van der Waals surface area contributed by atoms with Crippen molar-refractivity contribution in [1.82, 2.24) is 0 Å². The second-order valence-corrected chi connectivity index (χ2v) is 6.63. The van der Waals surface area contributed by atoms with Crippen LogP contribution in [0.25, 0.3) is 10.8 Å². The molecule has 0 aliphatic carbocycles. The third kappa shape index (κ3) is 3.16. The molecule has 0 bridgehead atoms. The van der Waals surface area contributed by atoms with E-state index in [4.69, 9.17) is 10.5 Å². The lowest BCUT2D eigenvalue weighted by molar-refractivity contribution is 0.170. The Bertz CT molecular complexity index is 677.